The van der Waals surface area contributed by atoms with Gasteiger partial charge in [0.25, 0.3) is 0 Å². The number of rotatable bonds is 4. The Labute approximate surface area is 174 Å². The average molecular weight is 411 g/mol. The number of likely N-dealkylation sites (tertiary alicyclic amines) is 1. The minimum atomic E-state index is -0.374. The zero-order chi connectivity index (χ0) is 20.7. The van der Waals surface area contributed by atoms with E-state index in [0.717, 1.165) is 56.7 Å². The summed E-state index contributed by atoms with van der Waals surface area (Å²) in [7, 11) is 0. The summed E-state index contributed by atoms with van der Waals surface area (Å²) in [4.78, 5) is 29.7. The van der Waals surface area contributed by atoms with E-state index in [-0.39, 0.29) is 17.8 Å². The smallest absolute Gasteiger partial charge is 0.227 e. The third-order valence-corrected chi connectivity index (χ3v) is 6.22. The van der Waals surface area contributed by atoms with Gasteiger partial charge in [0.15, 0.2) is 11.5 Å². The monoisotopic (exact) mass is 411 g/mol. The largest absolute Gasteiger partial charge is 0.356 e. The molecule has 2 saturated heterocycles. The number of aromatic nitrogens is 5. The predicted octanol–water partition coefficient (Wildman–Crippen LogP) is 2.74. The number of H-pyrrole nitrogens is 1. The Morgan fingerprint density at radius 3 is 2.80 bits per heavy atom. The van der Waals surface area contributed by atoms with Crippen LogP contribution in [0.5, 0.6) is 0 Å². The first-order valence-corrected chi connectivity index (χ1v) is 10.7. The number of anilines is 1. The molecule has 9 heteroatoms. The van der Waals surface area contributed by atoms with Gasteiger partial charge >= 0.3 is 0 Å². The first-order valence-electron chi connectivity index (χ1n) is 10.7. The lowest BCUT2D eigenvalue weighted by Gasteiger charge is -2.34. The summed E-state index contributed by atoms with van der Waals surface area (Å²) in [5.74, 6) is 1.50. The second-order valence-electron chi connectivity index (χ2n) is 8.29. The Morgan fingerprint density at radius 1 is 1.20 bits per heavy atom. The normalized spacial score (nSPS) is 20.8. The third kappa shape index (κ3) is 3.53. The van der Waals surface area contributed by atoms with Gasteiger partial charge in [-0.05, 0) is 44.7 Å². The van der Waals surface area contributed by atoms with E-state index in [9.17, 15) is 9.18 Å². The molecule has 8 nitrogen and oxygen atoms in total. The fourth-order valence-corrected chi connectivity index (χ4v) is 4.51. The van der Waals surface area contributed by atoms with Gasteiger partial charge in [-0.1, -0.05) is 0 Å². The van der Waals surface area contributed by atoms with E-state index >= 15 is 0 Å². The van der Waals surface area contributed by atoms with Crippen LogP contribution in [0.25, 0.3) is 11.2 Å². The quantitative estimate of drug-likeness (QED) is 0.714. The zero-order valence-corrected chi connectivity index (χ0v) is 17.1. The van der Waals surface area contributed by atoms with Gasteiger partial charge in [-0.15, -0.1) is 0 Å². The highest BCUT2D eigenvalue weighted by Gasteiger charge is 2.31. The Kier molecular flexibility index (Phi) is 4.88. The lowest BCUT2D eigenvalue weighted by Crippen LogP contribution is -2.44. The second kappa shape index (κ2) is 7.70. The summed E-state index contributed by atoms with van der Waals surface area (Å²) in [5, 5.41) is 4.03. The van der Waals surface area contributed by atoms with Crippen LogP contribution in [0.15, 0.2) is 24.5 Å². The molecule has 0 aliphatic carbocycles. The van der Waals surface area contributed by atoms with Crippen LogP contribution in [-0.2, 0) is 4.79 Å². The first-order chi connectivity index (χ1) is 14.6. The first kappa shape index (κ1) is 19.0. The number of hydrogen-bond acceptors (Lipinski definition) is 5. The molecule has 158 valence electrons. The maximum Gasteiger partial charge on any atom is 0.227 e. The number of aromatic amines is 1. The van der Waals surface area contributed by atoms with Crippen molar-refractivity contribution in [3.8, 4) is 0 Å². The zero-order valence-electron chi connectivity index (χ0n) is 17.1. The summed E-state index contributed by atoms with van der Waals surface area (Å²) in [5.41, 5.74) is 1.45. The molecule has 1 amide bonds. The molecule has 1 N–H and O–H groups in total. The number of nitrogens with zero attached hydrogens (tertiary/aromatic N) is 6. The number of nitrogens with one attached hydrogen (secondary N) is 1. The summed E-state index contributed by atoms with van der Waals surface area (Å²) < 4.78 is 14.8. The number of carbonyl (C=O) groups is 1. The number of imidazole rings is 1. The molecular weight excluding hydrogens is 385 g/mol. The Hall–Kier alpha value is -2.97. The lowest BCUT2D eigenvalue weighted by atomic mass is 9.96. The Bertz CT molecular complexity index is 1050. The minimum Gasteiger partial charge on any atom is -0.356 e. The molecule has 2 unspecified atom stereocenters. The van der Waals surface area contributed by atoms with E-state index in [1.165, 1.54) is 17.1 Å². The summed E-state index contributed by atoms with van der Waals surface area (Å²) in [6, 6.07) is 3.68. The lowest BCUT2D eigenvalue weighted by molar-refractivity contribution is -0.134. The van der Waals surface area contributed by atoms with Crippen LogP contribution in [0.3, 0.4) is 0 Å². The van der Waals surface area contributed by atoms with Gasteiger partial charge in [0.05, 0.1) is 18.3 Å². The van der Waals surface area contributed by atoms with E-state index < -0.39 is 0 Å². The molecule has 30 heavy (non-hydrogen) atoms. The summed E-state index contributed by atoms with van der Waals surface area (Å²) in [6.07, 6.45) is 6.70. The molecule has 3 aromatic heterocycles. The second-order valence-corrected chi connectivity index (χ2v) is 8.29. The number of fused-ring (bicyclic) bond motifs is 1. The van der Waals surface area contributed by atoms with E-state index in [1.54, 1.807) is 0 Å². The maximum absolute atomic E-state index is 13.3. The molecule has 3 aromatic rings. The van der Waals surface area contributed by atoms with E-state index in [4.69, 9.17) is 4.98 Å². The molecule has 0 spiro atoms. The topological polar surface area (TPSA) is 82.9 Å². The van der Waals surface area contributed by atoms with Gasteiger partial charge < -0.3 is 14.8 Å². The van der Waals surface area contributed by atoms with E-state index in [0.29, 0.717) is 23.9 Å². The molecule has 2 aliphatic rings. The van der Waals surface area contributed by atoms with E-state index in [1.807, 2.05) is 24.0 Å². The molecule has 5 heterocycles. The van der Waals surface area contributed by atoms with Crippen LogP contribution in [0, 0.1) is 11.7 Å². The van der Waals surface area contributed by atoms with Crippen molar-refractivity contribution in [1.82, 2.24) is 29.6 Å². The minimum absolute atomic E-state index is 0.0430. The van der Waals surface area contributed by atoms with Crippen molar-refractivity contribution in [3.63, 3.8) is 0 Å². The van der Waals surface area contributed by atoms with Crippen LogP contribution in [0.1, 0.15) is 44.5 Å². The molecule has 2 aliphatic heterocycles. The summed E-state index contributed by atoms with van der Waals surface area (Å²) >= 11 is 0. The van der Waals surface area contributed by atoms with Crippen LogP contribution >= 0.6 is 0 Å². The molecule has 5 rings (SSSR count). The van der Waals surface area contributed by atoms with E-state index in [2.05, 4.69) is 20.0 Å². The number of piperidine rings is 1. The standard InChI is InChI=1S/C21H26FN7O/c1-14(29-13-16(22)11-23-29)19-24-17-6-7-18(25-20(17)26-19)28-10-4-5-15(12-28)21(30)27-8-2-3-9-27/h6-7,11,13-15H,2-5,8-10,12H2,1H3,(H,24,25,26). The number of amides is 1. The highest BCUT2D eigenvalue weighted by Crippen LogP contribution is 2.26. The SMILES string of the molecule is CC(c1nc2ccc(N3CCCC(C(=O)N4CCCC4)C3)nc2[nH]1)n1cc(F)cn1. The number of halogens is 1. The van der Waals surface area contributed by atoms with Crippen molar-refractivity contribution >= 4 is 22.9 Å². The van der Waals surface area contributed by atoms with Gasteiger partial charge in [-0.25, -0.2) is 14.4 Å². The fraction of sp³-hybridized carbons (Fsp3) is 0.524. The van der Waals surface area contributed by atoms with Crippen LogP contribution < -0.4 is 4.90 Å². The number of carbonyl (C=O) groups excluding carboxylic acids is 1. The summed E-state index contributed by atoms with van der Waals surface area (Å²) in [6.45, 7) is 5.30. The molecule has 2 atom stereocenters. The van der Waals surface area contributed by atoms with Gasteiger partial charge in [0.2, 0.25) is 5.91 Å². The molecular formula is C21H26FN7O. The van der Waals surface area contributed by atoms with Crippen molar-refractivity contribution in [2.45, 2.75) is 38.6 Å². The molecule has 2 fully saturated rings. The third-order valence-electron chi connectivity index (χ3n) is 6.22. The van der Waals surface area contributed by atoms with Gasteiger partial charge in [-0.3, -0.25) is 9.48 Å². The van der Waals surface area contributed by atoms with Crippen molar-refractivity contribution in [2.75, 3.05) is 31.1 Å². The Morgan fingerprint density at radius 2 is 2.03 bits per heavy atom. The highest BCUT2D eigenvalue weighted by atomic mass is 19.1. The Balaban J connectivity index is 1.35. The maximum atomic E-state index is 13.3. The molecule has 0 saturated carbocycles. The fourth-order valence-electron chi connectivity index (χ4n) is 4.51. The van der Waals surface area contributed by atoms with Crippen LogP contribution in [0.4, 0.5) is 10.2 Å². The van der Waals surface area contributed by atoms with Crippen molar-refractivity contribution < 1.29 is 9.18 Å². The predicted molar refractivity (Wildman–Crippen MR) is 111 cm³/mol. The molecule has 0 bridgehead atoms. The van der Waals surface area contributed by atoms with Gasteiger partial charge in [-0.2, -0.15) is 5.10 Å². The molecule has 0 aromatic carbocycles. The molecule has 0 radical (unpaired) electrons. The van der Waals surface area contributed by atoms with Crippen LogP contribution in [-0.4, -0.2) is 61.7 Å². The number of pyridine rings is 1. The van der Waals surface area contributed by atoms with Gasteiger partial charge in [0, 0.05) is 26.2 Å². The van der Waals surface area contributed by atoms with Crippen LogP contribution in [0.2, 0.25) is 0 Å². The van der Waals surface area contributed by atoms with Crippen molar-refractivity contribution in [1.29, 1.82) is 0 Å². The van der Waals surface area contributed by atoms with Gasteiger partial charge in [0.1, 0.15) is 23.2 Å². The number of hydrogen-bond donors (Lipinski definition) is 1. The van der Waals surface area contributed by atoms with Crippen molar-refractivity contribution in [3.05, 3.63) is 36.2 Å². The van der Waals surface area contributed by atoms with Crippen molar-refractivity contribution in [2.24, 2.45) is 5.92 Å². The average Bonchev–Trinajstić information content (AvgIpc) is 3.52. The highest BCUT2D eigenvalue weighted by molar-refractivity contribution is 5.80.